The third kappa shape index (κ3) is 3.66. The quantitative estimate of drug-likeness (QED) is 0.791. The van der Waals surface area contributed by atoms with Crippen LogP contribution < -0.4 is 0 Å². The Kier molecular flexibility index (Phi) is 5.82. The molecule has 1 aliphatic carbocycles. The molecule has 1 aliphatic rings. The van der Waals surface area contributed by atoms with E-state index in [9.17, 15) is 5.26 Å². The van der Waals surface area contributed by atoms with Crippen molar-refractivity contribution in [1.29, 1.82) is 5.26 Å². The van der Waals surface area contributed by atoms with Gasteiger partial charge in [-0.3, -0.25) is 4.90 Å². The van der Waals surface area contributed by atoms with Gasteiger partial charge in [-0.1, -0.05) is 44.2 Å². The second-order valence-corrected chi connectivity index (χ2v) is 6.36. The topological polar surface area (TPSA) is 27.0 Å². The van der Waals surface area contributed by atoms with E-state index < -0.39 is 0 Å². The van der Waals surface area contributed by atoms with E-state index in [0.29, 0.717) is 18.0 Å². The smallest absolute Gasteiger partial charge is 0.0672 e. The van der Waals surface area contributed by atoms with Gasteiger partial charge in [-0.05, 0) is 50.6 Å². The molecule has 1 aromatic rings. The molecule has 2 heteroatoms. The summed E-state index contributed by atoms with van der Waals surface area (Å²) >= 11 is 0. The predicted octanol–water partition coefficient (Wildman–Crippen LogP) is 4.58. The molecule has 1 fully saturated rings. The van der Waals surface area contributed by atoms with Gasteiger partial charge < -0.3 is 0 Å². The summed E-state index contributed by atoms with van der Waals surface area (Å²) in [5.41, 5.74) is 1.44. The van der Waals surface area contributed by atoms with Gasteiger partial charge in [0.1, 0.15) is 0 Å². The van der Waals surface area contributed by atoms with Crippen molar-refractivity contribution >= 4 is 0 Å². The van der Waals surface area contributed by atoms with Gasteiger partial charge in [0.05, 0.1) is 12.0 Å². The highest BCUT2D eigenvalue weighted by Crippen LogP contribution is 2.38. The Morgan fingerprint density at radius 2 is 1.86 bits per heavy atom. The highest BCUT2D eigenvalue weighted by molar-refractivity contribution is 5.21. The van der Waals surface area contributed by atoms with Crippen molar-refractivity contribution in [3.8, 4) is 6.07 Å². The lowest BCUT2D eigenvalue weighted by Crippen LogP contribution is -2.46. The summed E-state index contributed by atoms with van der Waals surface area (Å²) in [6.45, 7) is 4.51. The molecule has 2 rings (SSSR count). The van der Waals surface area contributed by atoms with Gasteiger partial charge in [0.2, 0.25) is 0 Å². The lowest BCUT2D eigenvalue weighted by molar-refractivity contribution is 0.0971. The average molecular weight is 284 g/mol. The molecular weight excluding hydrogens is 256 g/mol. The highest BCUT2D eigenvalue weighted by atomic mass is 15.2. The highest BCUT2D eigenvalue weighted by Gasteiger charge is 2.35. The first kappa shape index (κ1) is 16.0. The molecule has 2 nitrogen and oxygen atoms in total. The number of hydrogen-bond donors (Lipinski definition) is 0. The zero-order valence-corrected chi connectivity index (χ0v) is 13.6. The summed E-state index contributed by atoms with van der Waals surface area (Å²) in [5, 5.41) is 9.52. The van der Waals surface area contributed by atoms with Crippen molar-refractivity contribution in [3.05, 3.63) is 35.9 Å². The molecule has 3 atom stereocenters. The van der Waals surface area contributed by atoms with Gasteiger partial charge in [0.15, 0.2) is 0 Å². The van der Waals surface area contributed by atoms with Crippen LogP contribution in [0.4, 0.5) is 0 Å². The van der Waals surface area contributed by atoms with E-state index in [0.717, 1.165) is 32.1 Å². The second-order valence-electron chi connectivity index (χ2n) is 6.36. The fourth-order valence-electron chi connectivity index (χ4n) is 3.91. The van der Waals surface area contributed by atoms with Crippen LogP contribution in [-0.4, -0.2) is 24.0 Å². The van der Waals surface area contributed by atoms with Crippen molar-refractivity contribution in [2.75, 3.05) is 7.05 Å². The van der Waals surface area contributed by atoms with Crippen LogP contribution in [0.2, 0.25) is 0 Å². The molecule has 0 aliphatic heterocycles. The van der Waals surface area contributed by atoms with Gasteiger partial charge in [-0.25, -0.2) is 0 Å². The molecule has 0 spiro atoms. The molecule has 1 saturated carbocycles. The Hall–Kier alpha value is -1.33. The molecule has 0 N–H and O–H groups in total. The summed E-state index contributed by atoms with van der Waals surface area (Å²) in [7, 11) is 2.22. The molecule has 0 heterocycles. The first-order chi connectivity index (χ1) is 10.2. The SMILES string of the molecule is CCC(CC)N(C)C1CC(c2ccccc2)CCC1C#N. The average Bonchev–Trinajstić information content (AvgIpc) is 2.56. The Labute approximate surface area is 129 Å². The zero-order valence-electron chi connectivity index (χ0n) is 13.6. The molecule has 0 bridgehead atoms. The van der Waals surface area contributed by atoms with Crippen LogP contribution in [-0.2, 0) is 0 Å². The van der Waals surface area contributed by atoms with Gasteiger partial charge in [-0.15, -0.1) is 0 Å². The van der Waals surface area contributed by atoms with Crippen molar-refractivity contribution in [2.24, 2.45) is 5.92 Å². The van der Waals surface area contributed by atoms with Crippen LogP contribution in [0.25, 0.3) is 0 Å². The Bertz CT molecular complexity index is 458. The Morgan fingerprint density at radius 1 is 1.19 bits per heavy atom. The summed E-state index contributed by atoms with van der Waals surface area (Å²) in [6, 6.07) is 14.4. The maximum Gasteiger partial charge on any atom is 0.0672 e. The number of nitrogens with zero attached hydrogens (tertiary/aromatic N) is 2. The second kappa shape index (κ2) is 7.61. The fourth-order valence-corrected chi connectivity index (χ4v) is 3.91. The number of nitriles is 1. The van der Waals surface area contributed by atoms with Crippen LogP contribution in [0.15, 0.2) is 30.3 Å². The minimum atomic E-state index is 0.190. The number of hydrogen-bond acceptors (Lipinski definition) is 2. The van der Waals surface area contributed by atoms with Crippen LogP contribution in [0, 0.1) is 17.2 Å². The van der Waals surface area contributed by atoms with Crippen molar-refractivity contribution in [1.82, 2.24) is 4.90 Å². The molecule has 114 valence electrons. The van der Waals surface area contributed by atoms with Gasteiger partial charge in [0, 0.05) is 12.1 Å². The Morgan fingerprint density at radius 3 is 2.43 bits per heavy atom. The molecule has 0 radical (unpaired) electrons. The lowest BCUT2D eigenvalue weighted by atomic mass is 9.75. The van der Waals surface area contributed by atoms with E-state index in [1.807, 2.05) is 0 Å². The first-order valence-corrected chi connectivity index (χ1v) is 8.37. The van der Waals surface area contributed by atoms with Crippen LogP contribution in [0.3, 0.4) is 0 Å². The molecule has 0 amide bonds. The van der Waals surface area contributed by atoms with E-state index in [1.54, 1.807) is 0 Å². The van der Waals surface area contributed by atoms with Gasteiger partial charge in [-0.2, -0.15) is 5.26 Å². The van der Waals surface area contributed by atoms with E-state index in [1.165, 1.54) is 5.56 Å². The maximum atomic E-state index is 9.52. The third-order valence-electron chi connectivity index (χ3n) is 5.29. The van der Waals surface area contributed by atoms with Crippen molar-refractivity contribution < 1.29 is 0 Å². The standard InChI is InChI=1S/C19H28N2/c1-4-18(5-2)21(3)19-13-16(11-12-17(19)14-20)15-9-7-6-8-10-15/h6-10,16-19H,4-5,11-13H2,1-3H3. The minimum Gasteiger partial charge on any atom is -0.299 e. The van der Waals surface area contributed by atoms with E-state index in [4.69, 9.17) is 0 Å². The molecule has 1 aromatic carbocycles. The van der Waals surface area contributed by atoms with Crippen LogP contribution in [0.5, 0.6) is 0 Å². The molecule has 0 aromatic heterocycles. The number of rotatable bonds is 5. The van der Waals surface area contributed by atoms with E-state index >= 15 is 0 Å². The third-order valence-corrected chi connectivity index (χ3v) is 5.29. The fraction of sp³-hybridized carbons (Fsp3) is 0.632. The molecule has 0 saturated heterocycles. The van der Waals surface area contributed by atoms with Crippen molar-refractivity contribution in [2.45, 2.75) is 64.0 Å². The van der Waals surface area contributed by atoms with Gasteiger partial charge in [0.25, 0.3) is 0 Å². The van der Waals surface area contributed by atoms with Gasteiger partial charge >= 0.3 is 0 Å². The lowest BCUT2D eigenvalue weighted by Gasteiger charge is -2.42. The van der Waals surface area contributed by atoms with Crippen LogP contribution >= 0.6 is 0 Å². The zero-order chi connectivity index (χ0) is 15.2. The largest absolute Gasteiger partial charge is 0.299 e. The number of benzene rings is 1. The van der Waals surface area contributed by atoms with Crippen LogP contribution in [0.1, 0.15) is 57.4 Å². The molecule has 21 heavy (non-hydrogen) atoms. The monoisotopic (exact) mass is 284 g/mol. The van der Waals surface area contributed by atoms with Crippen molar-refractivity contribution in [3.63, 3.8) is 0 Å². The summed E-state index contributed by atoms with van der Waals surface area (Å²) < 4.78 is 0. The maximum absolute atomic E-state index is 9.52. The Balaban J connectivity index is 2.15. The van der Waals surface area contributed by atoms with E-state index in [-0.39, 0.29) is 5.92 Å². The normalized spacial score (nSPS) is 26.0. The first-order valence-electron chi connectivity index (χ1n) is 8.37. The summed E-state index contributed by atoms with van der Waals surface area (Å²) in [4.78, 5) is 2.49. The predicted molar refractivity (Wildman–Crippen MR) is 88.1 cm³/mol. The summed E-state index contributed by atoms with van der Waals surface area (Å²) in [6.07, 6.45) is 5.63. The minimum absolute atomic E-state index is 0.190. The van der Waals surface area contributed by atoms with E-state index in [2.05, 4.69) is 62.2 Å². The molecular formula is C19H28N2. The summed E-state index contributed by atoms with van der Waals surface area (Å²) in [5.74, 6) is 0.799. The molecule has 3 unspecified atom stereocenters.